The van der Waals surface area contributed by atoms with Crippen LogP contribution in [-0.4, -0.2) is 17.7 Å². The number of rotatable bonds is 3. The van der Waals surface area contributed by atoms with Gasteiger partial charge >= 0.3 is 0 Å². The second-order valence-corrected chi connectivity index (χ2v) is 5.60. The third-order valence-electron chi connectivity index (χ3n) is 4.29. The van der Waals surface area contributed by atoms with Gasteiger partial charge in [-0.25, -0.2) is 0 Å². The van der Waals surface area contributed by atoms with Crippen molar-refractivity contribution >= 4 is 6.29 Å². The molecule has 0 spiro atoms. The SMILES string of the molecule is O=CC1(CN2Cc3ccccc3C2)CCCC1. The van der Waals surface area contributed by atoms with Crippen molar-refractivity contribution in [1.29, 1.82) is 0 Å². The van der Waals surface area contributed by atoms with E-state index >= 15 is 0 Å². The van der Waals surface area contributed by atoms with Gasteiger partial charge in [-0.15, -0.1) is 0 Å². The Labute approximate surface area is 103 Å². The number of benzene rings is 1. The predicted octanol–water partition coefficient (Wildman–Crippen LogP) is 2.76. The van der Waals surface area contributed by atoms with E-state index in [1.807, 2.05) is 0 Å². The number of hydrogen-bond acceptors (Lipinski definition) is 2. The zero-order valence-electron chi connectivity index (χ0n) is 10.2. The predicted molar refractivity (Wildman–Crippen MR) is 67.5 cm³/mol. The standard InChI is InChI=1S/C15H19NO/c17-12-15(7-3-4-8-15)11-16-9-13-5-1-2-6-14(13)10-16/h1-2,5-6,12H,3-4,7-11H2. The number of hydrogen-bond donors (Lipinski definition) is 0. The van der Waals surface area contributed by atoms with Gasteiger partial charge in [0.25, 0.3) is 0 Å². The molecule has 2 heteroatoms. The van der Waals surface area contributed by atoms with Crippen LogP contribution in [-0.2, 0) is 17.9 Å². The maximum atomic E-state index is 11.4. The third kappa shape index (κ3) is 2.02. The van der Waals surface area contributed by atoms with E-state index < -0.39 is 0 Å². The summed E-state index contributed by atoms with van der Waals surface area (Å²) in [5.41, 5.74) is 2.83. The van der Waals surface area contributed by atoms with Crippen LogP contribution in [0, 0.1) is 5.41 Å². The highest BCUT2D eigenvalue weighted by molar-refractivity contribution is 5.60. The Hall–Kier alpha value is -1.15. The van der Waals surface area contributed by atoms with E-state index in [1.54, 1.807) is 0 Å². The molecule has 0 bridgehead atoms. The lowest BCUT2D eigenvalue weighted by molar-refractivity contribution is -0.117. The quantitative estimate of drug-likeness (QED) is 0.743. The molecule has 1 fully saturated rings. The zero-order chi connectivity index (χ0) is 11.7. The molecule has 17 heavy (non-hydrogen) atoms. The van der Waals surface area contributed by atoms with Gasteiger partial charge in [-0.2, -0.15) is 0 Å². The molecule has 1 aromatic carbocycles. The van der Waals surface area contributed by atoms with Crippen LogP contribution in [0.1, 0.15) is 36.8 Å². The van der Waals surface area contributed by atoms with Crippen molar-refractivity contribution in [3.05, 3.63) is 35.4 Å². The average molecular weight is 229 g/mol. The Morgan fingerprint density at radius 2 is 1.71 bits per heavy atom. The Bertz CT molecular complexity index is 396. The van der Waals surface area contributed by atoms with Gasteiger partial charge in [-0.3, -0.25) is 4.90 Å². The molecule has 2 nitrogen and oxygen atoms in total. The highest BCUT2D eigenvalue weighted by atomic mass is 16.1. The Kier molecular flexibility index (Phi) is 2.75. The molecule has 0 N–H and O–H groups in total. The maximum Gasteiger partial charge on any atom is 0.127 e. The van der Waals surface area contributed by atoms with Crippen molar-refractivity contribution in [3.8, 4) is 0 Å². The molecule has 1 aliphatic heterocycles. The fourth-order valence-electron chi connectivity index (χ4n) is 3.35. The molecular weight excluding hydrogens is 210 g/mol. The largest absolute Gasteiger partial charge is 0.303 e. The molecule has 0 saturated heterocycles. The van der Waals surface area contributed by atoms with Crippen LogP contribution >= 0.6 is 0 Å². The van der Waals surface area contributed by atoms with E-state index in [0.717, 1.165) is 32.5 Å². The van der Waals surface area contributed by atoms with E-state index in [1.165, 1.54) is 30.3 Å². The van der Waals surface area contributed by atoms with Crippen LogP contribution in [0.15, 0.2) is 24.3 Å². The number of nitrogens with zero attached hydrogens (tertiary/aromatic N) is 1. The van der Waals surface area contributed by atoms with Gasteiger partial charge in [-0.05, 0) is 24.0 Å². The van der Waals surface area contributed by atoms with Gasteiger partial charge in [-0.1, -0.05) is 37.1 Å². The van der Waals surface area contributed by atoms with Gasteiger partial charge in [0.1, 0.15) is 6.29 Å². The molecule has 1 heterocycles. The molecule has 2 aliphatic rings. The first-order chi connectivity index (χ1) is 8.31. The first-order valence-corrected chi connectivity index (χ1v) is 6.57. The lowest BCUT2D eigenvalue weighted by Gasteiger charge is -2.27. The van der Waals surface area contributed by atoms with Crippen LogP contribution in [0.3, 0.4) is 0 Å². The van der Waals surface area contributed by atoms with E-state index in [9.17, 15) is 4.79 Å². The second kappa shape index (κ2) is 4.26. The van der Waals surface area contributed by atoms with Gasteiger partial charge in [0.05, 0.1) is 0 Å². The molecular formula is C15H19NO. The normalized spacial score (nSPS) is 22.6. The van der Waals surface area contributed by atoms with Gasteiger partial charge < -0.3 is 4.79 Å². The maximum absolute atomic E-state index is 11.4. The van der Waals surface area contributed by atoms with Crippen molar-refractivity contribution in [2.24, 2.45) is 5.41 Å². The van der Waals surface area contributed by atoms with Crippen LogP contribution in [0.5, 0.6) is 0 Å². The summed E-state index contributed by atoms with van der Waals surface area (Å²) in [6.45, 7) is 2.99. The summed E-state index contributed by atoms with van der Waals surface area (Å²) in [7, 11) is 0. The summed E-state index contributed by atoms with van der Waals surface area (Å²) < 4.78 is 0. The first-order valence-electron chi connectivity index (χ1n) is 6.57. The second-order valence-electron chi connectivity index (χ2n) is 5.60. The molecule has 3 rings (SSSR count). The topological polar surface area (TPSA) is 20.3 Å². The Morgan fingerprint density at radius 1 is 1.12 bits per heavy atom. The minimum atomic E-state index is -0.0396. The lowest BCUT2D eigenvalue weighted by atomic mass is 9.87. The van der Waals surface area contributed by atoms with E-state index in [4.69, 9.17) is 0 Å². The van der Waals surface area contributed by atoms with Crippen molar-refractivity contribution in [2.75, 3.05) is 6.54 Å². The zero-order valence-corrected chi connectivity index (χ0v) is 10.2. The smallest absolute Gasteiger partial charge is 0.127 e. The number of aldehydes is 1. The summed E-state index contributed by atoms with van der Waals surface area (Å²) in [5, 5.41) is 0. The minimum Gasteiger partial charge on any atom is -0.303 e. The highest BCUT2D eigenvalue weighted by Gasteiger charge is 2.36. The molecule has 0 unspecified atom stereocenters. The van der Waals surface area contributed by atoms with Crippen molar-refractivity contribution in [3.63, 3.8) is 0 Å². The summed E-state index contributed by atoms with van der Waals surface area (Å²) in [4.78, 5) is 13.8. The number of carbonyl (C=O) groups is 1. The van der Waals surface area contributed by atoms with E-state index in [0.29, 0.717) is 0 Å². The van der Waals surface area contributed by atoms with Crippen LogP contribution in [0.4, 0.5) is 0 Å². The first kappa shape index (κ1) is 11.0. The van der Waals surface area contributed by atoms with Crippen molar-refractivity contribution in [2.45, 2.75) is 38.8 Å². The molecule has 0 amide bonds. The summed E-state index contributed by atoms with van der Waals surface area (Å²) in [5.74, 6) is 0. The van der Waals surface area contributed by atoms with E-state index in [-0.39, 0.29) is 5.41 Å². The molecule has 1 aromatic rings. The summed E-state index contributed by atoms with van der Waals surface area (Å²) >= 11 is 0. The van der Waals surface area contributed by atoms with Gasteiger partial charge in [0.2, 0.25) is 0 Å². The molecule has 0 radical (unpaired) electrons. The minimum absolute atomic E-state index is 0.0396. The van der Waals surface area contributed by atoms with Crippen molar-refractivity contribution < 1.29 is 4.79 Å². The number of carbonyl (C=O) groups excluding carboxylic acids is 1. The molecule has 1 saturated carbocycles. The Balaban J connectivity index is 1.71. The average Bonchev–Trinajstić information content (AvgIpc) is 2.95. The monoisotopic (exact) mass is 229 g/mol. The molecule has 1 aliphatic carbocycles. The number of fused-ring (bicyclic) bond motifs is 1. The lowest BCUT2D eigenvalue weighted by Crippen LogP contribution is -2.34. The summed E-state index contributed by atoms with van der Waals surface area (Å²) in [6, 6.07) is 8.62. The summed E-state index contributed by atoms with van der Waals surface area (Å²) in [6.07, 6.45) is 5.84. The molecule has 0 aromatic heterocycles. The van der Waals surface area contributed by atoms with Crippen LogP contribution in [0.2, 0.25) is 0 Å². The molecule has 90 valence electrons. The molecule has 0 atom stereocenters. The van der Waals surface area contributed by atoms with Crippen LogP contribution < -0.4 is 0 Å². The fraction of sp³-hybridized carbons (Fsp3) is 0.533. The van der Waals surface area contributed by atoms with Crippen molar-refractivity contribution in [1.82, 2.24) is 4.90 Å². The fourth-order valence-corrected chi connectivity index (χ4v) is 3.35. The highest BCUT2D eigenvalue weighted by Crippen LogP contribution is 2.38. The van der Waals surface area contributed by atoms with Gasteiger partial charge in [0, 0.05) is 25.0 Å². The third-order valence-corrected chi connectivity index (χ3v) is 4.29. The Morgan fingerprint density at radius 3 is 2.24 bits per heavy atom. The van der Waals surface area contributed by atoms with E-state index in [2.05, 4.69) is 29.2 Å². The van der Waals surface area contributed by atoms with Gasteiger partial charge in [0.15, 0.2) is 0 Å². The van der Waals surface area contributed by atoms with Crippen LogP contribution in [0.25, 0.3) is 0 Å².